The highest BCUT2D eigenvalue weighted by atomic mass is 16.5. The summed E-state index contributed by atoms with van der Waals surface area (Å²) in [5, 5.41) is 8.84. The molecule has 0 bridgehead atoms. The number of nitriles is 1. The first-order valence-electron chi connectivity index (χ1n) is 10.4. The van der Waals surface area contributed by atoms with E-state index in [-0.39, 0.29) is 11.9 Å². The second kappa shape index (κ2) is 10.3. The number of rotatable bonds is 5. The van der Waals surface area contributed by atoms with Crippen LogP contribution in [-0.2, 0) is 11.2 Å². The molecule has 0 N–H and O–H groups in total. The summed E-state index contributed by atoms with van der Waals surface area (Å²) in [5.74, 6) is 6.61. The van der Waals surface area contributed by atoms with Gasteiger partial charge in [0.25, 0.3) is 0 Å². The number of hydrogen-bond donors (Lipinski definition) is 0. The van der Waals surface area contributed by atoms with E-state index in [0.29, 0.717) is 17.2 Å². The van der Waals surface area contributed by atoms with E-state index in [1.54, 1.807) is 24.3 Å². The minimum absolute atomic E-state index is 0.284. The lowest BCUT2D eigenvalue weighted by Crippen LogP contribution is -2.16. The van der Waals surface area contributed by atoms with E-state index in [9.17, 15) is 4.79 Å². The number of hydrogen-bond acceptors (Lipinski definition) is 3. The third-order valence-electron chi connectivity index (χ3n) is 4.92. The van der Waals surface area contributed by atoms with Crippen molar-refractivity contribution in [1.29, 1.82) is 5.26 Å². The standard InChI is InChI=1S/C28H25NO2/c1-20(2)18-24-10-14-26(15-11-24)21(3)28(30)31-27-16-12-23(13-17-27)5-4-22-6-8-25(19-29)9-7-22/h6-17,20-21H,18H2,1-3H3. The Kier molecular flexibility index (Phi) is 7.26. The summed E-state index contributed by atoms with van der Waals surface area (Å²) in [6.07, 6.45) is 1.03. The molecule has 154 valence electrons. The van der Waals surface area contributed by atoms with E-state index in [4.69, 9.17) is 10.00 Å². The van der Waals surface area contributed by atoms with Crippen LogP contribution in [0.1, 0.15) is 54.5 Å². The van der Waals surface area contributed by atoms with Gasteiger partial charge < -0.3 is 4.74 Å². The van der Waals surface area contributed by atoms with Gasteiger partial charge in [-0.3, -0.25) is 4.79 Å². The first kappa shape index (κ1) is 21.9. The molecule has 31 heavy (non-hydrogen) atoms. The average molecular weight is 408 g/mol. The number of carbonyl (C=O) groups is 1. The fourth-order valence-electron chi connectivity index (χ4n) is 3.13. The Morgan fingerprint density at radius 3 is 1.84 bits per heavy atom. The molecule has 3 rings (SSSR count). The molecule has 0 heterocycles. The van der Waals surface area contributed by atoms with Crippen LogP contribution >= 0.6 is 0 Å². The highest BCUT2D eigenvalue weighted by molar-refractivity contribution is 5.80. The fourth-order valence-corrected chi connectivity index (χ4v) is 3.13. The van der Waals surface area contributed by atoms with Crippen LogP contribution in [0.25, 0.3) is 0 Å². The molecule has 0 aromatic heterocycles. The number of benzene rings is 3. The maximum atomic E-state index is 12.6. The summed E-state index contributed by atoms with van der Waals surface area (Å²) in [4.78, 5) is 12.6. The summed E-state index contributed by atoms with van der Waals surface area (Å²) >= 11 is 0. The Morgan fingerprint density at radius 2 is 1.32 bits per heavy atom. The molecule has 0 aliphatic heterocycles. The van der Waals surface area contributed by atoms with Crippen molar-refractivity contribution >= 4 is 5.97 Å². The van der Waals surface area contributed by atoms with E-state index in [2.05, 4.69) is 43.9 Å². The molecule has 0 aliphatic rings. The maximum absolute atomic E-state index is 12.6. The van der Waals surface area contributed by atoms with Crippen molar-refractivity contribution in [3.8, 4) is 23.7 Å². The zero-order chi connectivity index (χ0) is 22.2. The minimum Gasteiger partial charge on any atom is -0.426 e. The average Bonchev–Trinajstić information content (AvgIpc) is 2.78. The first-order valence-corrected chi connectivity index (χ1v) is 10.4. The lowest BCUT2D eigenvalue weighted by molar-refractivity contribution is -0.135. The molecule has 0 spiro atoms. The van der Waals surface area contributed by atoms with Gasteiger partial charge in [-0.15, -0.1) is 0 Å². The molecule has 1 atom stereocenters. The quantitative estimate of drug-likeness (QED) is 0.302. The van der Waals surface area contributed by atoms with Gasteiger partial charge in [0.05, 0.1) is 17.6 Å². The number of esters is 1. The van der Waals surface area contributed by atoms with Crippen molar-refractivity contribution < 1.29 is 9.53 Å². The van der Waals surface area contributed by atoms with Gasteiger partial charge in [-0.05, 0) is 78.9 Å². The van der Waals surface area contributed by atoms with Crippen LogP contribution < -0.4 is 4.74 Å². The first-order chi connectivity index (χ1) is 14.9. The predicted molar refractivity (Wildman–Crippen MR) is 123 cm³/mol. The van der Waals surface area contributed by atoms with Crippen LogP contribution in [0.5, 0.6) is 5.75 Å². The van der Waals surface area contributed by atoms with E-state index in [1.165, 1.54) is 5.56 Å². The number of carbonyl (C=O) groups excluding carboxylic acids is 1. The van der Waals surface area contributed by atoms with Crippen LogP contribution in [0.3, 0.4) is 0 Å². The summed E-state index contributed by atoms with van der Waals surface area (Å²) in [6, 6.07) is 24.5. The molecule has 3 aromatic rings. The lowest BCUT2D eigenvalue weighted by atomic mass is 9.97. The summed E-state index contributed by atoms with van der Waals surface area (Å²) < 4.78 is 5.55. The highest BCUT2D eigenvalue weighted by Crippen LogP contribution is 2.21. The normalized spacial score (nSPS) is 11.2. The molecule has 0 radical (unpaired) electrons. The van der Waals surface area contributed by atoms with Crippen LogP contribution in [0.15, 0.2) is 72.8 Å². The monoisotopic (exact) mass is 407 g/mol. The van der Waals surface area contributed by atoms with Crippen molar-refractivity contribution in [2.45, 2.75) is 33.1 Å². The molecular weight excluding hydrogens is 382 g/mol. The third-order valence-corrected chi connectivity index (χ3v) is 4.92. The Balaban J connectivity index is 1.60. The van der Waals surface area contributed by atoms with Gasteiger partial charge >= 0.3 is 5.97 Å². The van der Waals surface area contributed by atoms with E-state index >= 15 is 0 Å². The lowest BCUT2D eigenvalue weighted by Gasteiger charge is -2.13. The second-order valence-electron chi connectivity index (χ2n) is 7.95. The number of ether oxygens (including phenoxy) is 1. The summed E-state index contributed by atoms with van der Waals surface area (Å²) in [7, 11) is 0. The zero-order valence-electron chi connectivity index (χ0n) is 18.1. The summed E-state index contributed by atoms with van der Waals surface area (Å²) in [6.45, 7) is 6.24. The Hall–Kier alpha value is -3.82. The van der Waals surface area contributed by atoms with Gasteiger partial charge in [0.1, 0.15) is 5.75 Å². The van der Waals surface area contributed by atoms with E-state index in [1.807, 2.05) is 43.3 Å². The van der Waals surface area contributed by atoms with Crippen LogP contribution in [0.4, 0.5) is 0 Å². The van der Waals surface area contributed by atoms with Crippen LogP contribution in [0.2, 0.25) is 0 Å². The Morgan fingerprint density at radius 1 is 0.806 bits per heavy atom. The topological polar surface area (TPSA) is 50.1 Å². The predicted octanol–water partition coefficient (Wildman–Crippen LogP) is 5.87. The minimum atomic E-state index is -0.344. The molecule has 1 unspecified atom stereocenters. The van der Waals surface area contributed by atoms with Crippen LogP contribution in [0, 0.1) is 29.1 Å². The molecule has 3 heteroatoms. The van der Waals surface area contributed by atoms with Crippen molar-refractivity contribution in [3.63, 3.8) is 0 Å². The highest BCUT2D eigenvalue weighted by Gasteiger charge is 2.17. The van der Waals surface area contributed by atoms with E-state index < -0.39 is 0 Å². The molecule has 0 amide bonds. The maximum Gasteiger partial charge on any atom is 0.318 e. The van der Waals surface area contributed by atoms with Gasteiger partial charge in [0.15, 0.2) is 0 Å². The summed E-state index contributed by atoms with van der Waals surface area (Å²) in [5.41, 5.74) is 4.48. The second-order valence-corrected chi connectivity index (χ2v) is 7.95. The van der Waals surface area contributed by atoms with Gasteiger partial charge in [-0.2, -0.15) is 5.26 Å². The molecule has 0 fully saturated rings. The molecular formula is C28H25NO2. The molecule has 3 nitrogen and oxygen atoms in total. The zero-order valence-corrected chi connectivity index (χ0v) is 18.1. The van der Waals surface area contributed by atoms with Gasteiger partial charge in [0, 0.05) is 11.1 Å². The van der Waals surface area contributed by atoms with Crippen molar-refractivity contribution in [1.82, 2.24) is 0 Å². The van der Waals surface area contributed by atoms with Gasteiger partial charge in [0.2, 0.25) is 0 Å². The van der Waals surface area contributed by atoms with E-state index in [0.717, 1.165) is 23.1 Å². The fraction of sp³-hybridized carbons (Fsp3) is 0.214. The third kappa shape index (κ3) is 6.33. The molecule has 3 aromatic carbocycles. The Bertz CT molecular complexity index is 1120. The molecule has 0 saturated heterocycles. The Labute approximate surface area is 184 Å². The molecule has 0 aliphatic carbocycles. The smallest absolute Gasteiger partial charge is 0.318 e. The van der Waals surface area contributed by atoms with Crippen molar-refractivity contribution in [2.75, 3.05) is 0 Å². The van der Waals surface area contributed by atoms with Gasteiger partial charge in [-0.1, -0.05) is 50.0 Å². The van der Waals surface area contributed by atoms with Gasteiger partial charge in [-0.25, -0.2) is 0 Å². The number of nitrogens with zero attached hydrogens (tertiary/aromatic N) is 1. The SMILES string of the molecule is CC(C)Cc1ccc(C(C)C(=O)Oc2ccc(C#Cc3ccc(C#N)cc3)cc2)cc1. The van der Waals surface area contributed by atoms with Crippen molar-refractivity contribution in [3.05, 3.63) is 101 Å². The van der Waals surface area contributed by atoms with Crippen LogP contribution in [-0.4, -0.2) is 5.97 Å². The van der Waals surface area contributed by atoms with Crippen molar-refractivity contribution in [2.24, 2.45) is 5.92 Å². The largest absolute Gasteiger partial charge is 0.426 e. The molecule has 0 saturated carbocycles.